The minimum Gasteiger partial charge on any atom is -0.444 e. The van der Waals surface area contributed by atoms with Crippen molar-refractivity contribution in [2.45, 2.75) is 92.5 Å². The molecular formula is C38H52N6O4. The average Bonchev–Trinajstić information content (AvgIpc) is 3.55. The number of hydrogen-bond acceptors (Lipinski definition) is 6. The average molecular weight is 657 g/mol. The first-order valence-corrected chi connectivity index (χ1v) is 16.6. The van der Waals surface area contributed by atoms with E-state index in [-0.39, 0.29) is 23.9 Å². The summed E-state index contributed by atoms with van der Waals surface area (Å²) in [5, 5.41) is 6.00. The normalized spacial score (nSPS) is 13.4. The Balaban J connectivity index is 1.49. The van der Waals surface area contributed by atoms with Crippen LogP contribution in [0, 0.1) is 11.8 Å². The molecule has 2 atom stereocenters. The third-order valence-electron chi connectivity index (χ3n) is 7.75. The first-order valence-electron chi connectivity index (χ1n) is 16.6. The van der Waals surface area contributed by atoms with E-state index >= 15 is 0 Å². The molecule has 0 radical (unpaired) electrons. The molecule has 0 unspecified atom stereocenters. The van der Waals surface area contributed by atoms with Crippen LogP contribution in [-0.2, 0) is 23.6 Å². The molecule has 2 N–H and O–H groups in total. The monoisotopic (exact) mass is 656 g/mol. The molecule has 0 aliphatic heterocycles. The van der Waals surface area contributed by atoms with E-state index in [1.807, 2.05) is 77.2 Å². The molecule has 2 aromatic carbocycles. The number of aromatic nitrogens is 4. The minimum absolute atomic E-state index is 0.111. The number of nitrogens with zero attached hydrogens (tertiary/aromatic N) is 4. The number of rotatable bonds is 9. The number of imidazole rings is 2. The molecule has 0 saturated carbocycles. The second-order valence-electron chi connectivity index (χ2n) is 15.1. The number of alkyl carbamates (subject to hydrolysis) is 2. The van der Waals surface area contributed by atoms with Crippen molar-refractivity contribution in [1.82, 2.24) is 29.7 Å². The van der Waals surface area contributed by atoms with E-state index in [1.165, 1.54) is 0 Å². The van der Waals surface area contributed by atoms with Gasteiger partial charge < -0.3 is 29.2 Å². The Labute approximate surface area is 285 Å². The predicted octanol–water partition coefficient (Wildman–Crippen LogP) is 8.60. The van der Waals surface area contributed by atoms with Crippen LogP contribution in [0.4, 0.5) is 9.59 Å². The highest BCUT2D eigenvalue weighted by Gasteiger charge is 2.28. The topological polar surface area (TPSA) is 112 Å². The predicted molar refractivity (Wildman–Crippen MR) is 190 cm³/mol. The summed E-state index contributed by atoms with van der Waals surface area (Å²) in [5.74, 6) is 1.76. The van der Waals surface area contributed by atoms with Crippen LogP contribution < -0.4 is 10.6 Å². The maximum absolute atomic E-state index is 12.6. The van der Waals surface area contributed by atoms with Gasteiger partial charge in [0.15, 0.2) is 0 Å². The maximum atomic E-state index is 12.6. The van der Waals surface area contributed by atoms with Crippen molar-refractivity contribution < 1.29 is 19.1 Å². The third kappa shape index (κ3) is 9.27. The number of amides is 2. The molecule has 2 heterocycles. The van der Waals surface area contributed by atoms with E-state index in [0.29, 0.717) is 0 Å². The summed E-state index contributed by atoms with van der Waals surface area (Å²) in [4.78, 5) is 34.9. The molecule has 10 heteroatoms. The molecule has 0 aliphatic carbocycles. The standard InChI is InChI=1S/C38H52N6O4/c1-23(2)31(41-35(45)47-37(5,6)7)33-39-29(21-43(33)11)27-17-13-25(14-18-27)26-15-19-28(20-16-26)30-22-44(12)34(40-30)32(24(3)4)42-36(46)48-38(8,9)10/h13-24,31-32H,1-12H3,(H,41,45)(H,42,46)/t31-,32-/m0/s1. The summed E-state index contributed by atoms with van der Waals surface area (Å²) in [6, 6.07) is 16.0. The Kier molecular flexibility index (Phi) is 10.8. The van der Waals surface area contributed by atoms with Gasteiger partial charge in [0.1, 0.15) is 22.9 Å². The quantitative estimate of drug-likeness (QED) is 0.187. The lowest BCUT2D eigenvalue weighted by Crippen LogP contribution is -2.37. The van der Waals surface area contributed by atoms with Crippen molar-refractivity contribution >= 4 is 12.2 Å². The highest BCUT2D eigenvalue weighted by atomic mass is 16.6. The highest BCUT2D eigenvalue weighted by Crippen LogP contribution is 2.30. The van der Waals surface area contributed by atoms with Crippen LogP contribution in [0.2, 0.25) is 0 Å². The Bertz CT molecular complexity index is 1580. The summed E-state index contributed by atoms with van der Waals surface area (Å²) in [6.45, 7) is 19.3. The molecule has 4 aromatic rings. The Morgan fingerprint density at radius 3 is 1.15 bits per heavy atom. The molecule has 0 aliphatic rings. The fourth-order valence-electron chi connectivity index (χ4n) is 5.41. The molecule has 4 rings (SSSR count). The first kappa shape index (κ1) is 36.2. The van der Waals surface area contributed by atoms with Gasteiger partial charge in [0.2, 0.25) is 0 Å². The number of benzene rings is 2. The van der Waals surface area contributed by atoms with Gasteiger partial charge in [-0.1, -0.05) is 76.2 Å². The van der Waals surface area contributed by atoms with Crippen LogP contribution in [0.25, 0.3) is 33.6 Å². The summed E-state index contributed by atoms with van der Waals surface area (Å²) >= 11 is 0. The number of carbonyl (C=O) groups is 2. The number of nitrogens with one attached hydrogen (secondary N) is 2. The van der Waals surface area contributed by atoms with Gasteiger partial charge in [-0.2, -0.15) is 0 Å². The van der Waals surface area contributed by atoms with Crippen LogP contribution in [0.1, 0.15) is 93.0 Å². The third-order valence-corrected chi connectivity index (χ3v) is 7.75. The van der Waals surface area contributed by atoms with Gasteiger partial charge in [-0.25, -0.2) is 19.6 Å². The van der Waals surface area contributed by atoms with Crippen LogP contribution >= 0.6 is 0 Å². The molecule has 0 bridgehead atoms. The molecule has 0 spiro atoms. The Morgan fingerprint density at radius 2 is 0.875 bits per heavy atom. The summed E-state index contributed by atoms with van der Waals surface area (Å²) in [7, 11) is 3.89. The molecule has 2 amide bonds. The Morgan fingerprint density at radius 1 is 0.583 bits per heavy atom. The van der Waals surface area contributed by atoms with Crippen LogP contribution in [0.5, 0.6) is 0 Å². The van der Waals surface area contributed by atoms with Gasteiger partial charge in [0.05, 0.1) is 23.5 Å². The number of aryl methyl sites for hydroxylation is 2. The maximum Gasteiger partial charge on any atom is 0.408 e. The van der Waals surface area contributed by atoms with E-state index in [1.54, 1.807) is 0 Å². The van der Waals surface area contributed by atoms with Crippen molar-refractivity contribution in [1.29, 1.82) is 0 Å². The summed E-state index contributed by atoms with van der Waals surface area (Å²) in [6.07, 6.45) is 3.05. The first-order chi connectivity index (χ1) is 22.3. The van der Waals surface area contributed by atoms with Gasteiger partial charge in [-0.15, -0.1) is 0 Å². The van der Waals surface area contributed by atoms with Crippen LogP contribution in [0.3, 0.4) is 0 Å². The molecule has 0 saturated heterocycles. The minimum atomic E-state index is -0.582. The van der Waals surface area contributed by atoms with Crippen LogP contribution in [0.15, 0.2) is 60.9 Å². The van der Waals surface area contributed by atoms with E-state index < -0.39 is 23.4 Å². The molecule has 0 fully saturated rings. The lowest BCUT2D eigenvalue weighted by Gasteiger charge is -2.25. The molecular weight excluding hydrogens is 604 g/mol. The molecule has 2 aromatic heterocycles. The van der Waals surface area contributed by atoms with Crippen molar-refractivity contribution in [2.24, 2.45) is 25.9 Å². The number of ether oxygens (including phenoxy) is 2. The Hall–Kier alpha value is -4.60. The zero-order chi connectivity index (χ0) is 35.6. The lowest BCUT2D eigenvalue weighted by molar-refractivity contribution is 0.0474. The fourth-order valence-corrected chi connectivity index (χ4v) is 5.41. The van der Waals surface area contributed by atoms with Crippen molar-refractivity contribution in [2.75, 3.05) is 0 Å². The zero-order valence-electron chi connectivity index (χ0n) is 30.5. The van der Waals surface area contributed by atoms with Crippen molar-refractivity contribution in [3.8, 4) is 33.6 Å². The van der Waals surface area contributed by atoms with Crippen molar-refractivity contribution in [3.63, 3.8) is 0 Å². The molecule has 258 valence electrons. The number of carbonyl (C=O) groups excluding carboxylic acids is 2. The largest absolute Gasteiger partial charge is 0.444 e. The van der Waals surface area contributed by atoms with E-state index in [0.717, 1.165) is 45.3 Å². The fraction of sp³-hybridized carbons (Fsp3) is 0.474. The van der Waals surface area contributed by atoms with Gasteiger partial charge in [-0.3, -0.25) is 0 Å². The van der Waals surface area contributed by atoms with Gasteiger partial charge in [0, 0.05) is 37.6 Å². The molecule has 10 nitrogen and oxygen atoms in total. The SMILES string of the molecule is CC(C)[C@H](NC(=O)OC(C)(C)C)c1nc(-c2ccc(-c3ccc(-c4cn(C)c([C@@H](NC(=O)OC(C)(C)C)C(C)C)n4)cc3)cc2)cn1C. The van der Waals surface area contributed by atoms with Gasteiger partial charge in [0.25, 0.3) is 0 Å². The van der Waals surface area contributed by atoms with E-state index in [2.05, 4.69) is 86.9 Å². The van der Waals surface area contributed by atoms with Gasteiger partial charge in [-0.05, 0) is 64.5 Å². The van der Waals surface area contributed by atoms with Gasteiger partial charge >= 0.3 is 12.2 Å². The second kappa shape index (κ2) is 14.3. The smallest absolute Gasteiger partial charge is 0.408 e. The summed E-state index contributed by atoms with van der Waals surface area (Å²) in [5.41, 5.74) is 4.63. The van der Waals surface area contributed by atoms with Crippen LogP contribution in [-0.4, -0.2) is 42.5 Å². The van der Waals surface area contributed by atoms with Crippen molar-refractivity contribution in [3.05, 3.63) is 72.6 Å². The van der Waals surface area contributed by atoms with E-state index in [9.17, 15) is 9.59 Å². The lowest BCUT2D eigenvalue weighted by atomic mass is 10.0. The molecule has 48 heavy (non-hydrogen) atoms. The zero-order valence-corrected chi connectivity index (χ0v) is 30.5. The number of hydrogen-bond donors (Lipinski definition) is 2. The summed E-state index contributed by atoms with van der Waals surface area (Å²) < 4.78 is 14.9. The highest BCUT2D eigenvalue weighted by molar-refractivity contribution is 5.72. The van der Waals surface area contributed by atoms with E-state index in [4.69, 9.17) is 19.4 Å². The second-order valence-corrected chi connectivity index (χ2v) is 15.1.